The number of anilines is 1. The minimum Gasteiger partial charge on any atom is -0.357 e. The molecule has 0 atom stereocenters. The molecule has 0 amide bonds. The van der Waals surface area contributed by atoms with Crippen LogP contribution in [0.3, 0.4) is 0 Å². The van der Waals surface area contributed by atoms with Gasteiger partial charge in [-0.2, -0.15) is 0 Å². The molecule has 0 aromatic carbocycles. The number of rotatable bonds is 8. The Balaban J connectivity index is 2.47. The second kappa shape index (κ2) is 8.33. The Morgan fingerprint density at radius 3 is 2.33 bits per heavy atom. The van der Waals surface area contributed by atoms with Gasteiger partial charge in [-0.3, -0.25) is 0 Å². The van der Waals surface area contributed by atoms with E-state index in [0.29, 0.717) is 5.15 Å². The minimum absolute atomic E-state index is 0.565. The van der Waals surface area contributed by atoms with Crippen LogP contribution < -0.4 is 4.90 Å². The molecule has 102 valence electrons. The van der Waals surface area contributed by atoms with Gasteiger partial charge in [0, 0.05) is 13.1 Å². The van der Waals surface area contributed by atoms with E-state index in [1.54, 1.807) is 0 Å². The van der Waals surface area contributed by atoms with Gasteiger partial charge in [-0.05, 0) is 45.1 Å². The van der Waals surface area contributed by atoms with E-state index in [0.717, 1.165) is 45.0 Å². The third-order valence-electron chi connectivity index (χ3n) is 3.20. The molecule has 0 aliphatic rings. The molecule has 0 spiro atoms. The lowest BCUT2D eigenvalue weighted by molar-refractivity contribution is 0.300. The summed E-state index contributed by atoms with van der Waals surface area (Å²) in [7, 11) is 0. The van der Waals surface area contributed by atoms with Crippen molar-refractivity contribution in [1.29, 1.82) is 0 Å². The Morgan fingerprint density at radius 1 is 1.06 bits per heavy atom. The number of hydrogen-bond donors (Lipinski definition) is 0. The summed E-state index contributed by atoms with van der Waals surface area (Å²) in [4.78, 5) is 9.08. The molecular weight excluding hydrogens is 246 g/mol. The molecule has 0 N–H and O–H groups in total. The van der Waals surface area contributed by atoms with Gasteiger partial charge >= 0.3 is 0 Å². The highest BCUT2D eigenvalue weighted by Gasteiger charge is 2.07. The van der Waals surface area contributed by atoms with Gasteiger partial charge < -0.3 is 9.80 Å². The summed E-state index contributed by atoms with van der Waals surface area (Å²) in [5.74, 6) is 0.976. The summed E-state index contributed by atoms with van der Waals surface area (Å²) < 4.78 is 0. The third kappa shape index (κ3) is 4.83. The van der Waals surface area contributed by atoms with E-state index in [1.807, 2.05) is 18.2 Å². The largest absolute Gasteiger partial charge is 0.357 e. The van der Waals surface area contributed by atoms with Gasteiger partial charge in [0.25, 0.3) is 0 Å². The van der Waals surface area contributed by atoms with Crippen molar-refractivity contribution in [2.75, 3.05) is 37.6 Å². The third-order valence-corrected chi connectivity index (χ3v) is 3.41. The molecule has 1 aromatic rings. The first-order chi connectivity index (χ1) is 8.71. The summed E-state index contributed by atoms with van der Waals surface area (Å²) in [6.07, 6.45) is 1.16. The van der Waals surface area contributed by atoms with Crippen LogP contribution in [0.25, 0.3) is 0 Å². The van der Waals surface area contributed by atoms with Crippen LogP contribution in [0.1, 0.15) is 27.2 Å². The lowest BCUT2D eigenvalue weighted by Gasteiger charge is -2.24. The maximum absolute atomic E-state index is 5.93. The van der Waals surface area contributed by atoms with Crippen molar-refractivity contribution >= 4 is 17.4 Å². The van der Waals surface area contributed by atoms with Crippen molar-refractivity contribution in [3.63, 3.8) is 0 Å². The van der Waals surface area contributed by atoms with Crippen LogP contribution in [-0.4, -0.2) is 42.6 Å². The van der Waals surface area contributed by atoms with Crippen molar-refractivity contribution in [2.45, 2.75) is 27.2 Å². The average molecular weight is 270 g/mol. The van der Waals surface area contributed by atoms with Gasteiger partial charge in [0.2, 0.25) is 0 Å². The fourth-order valence-corrected chi connectivity index (χ4v) is 2.19. The van der Waals surface area contributed by atoms with E-state index < -0.39 is 0 Å². The monoisotopic (exact) mass is 269 g/mol. The van der Waals surface area contributed by atoms with Crippen molar-refractivity contribution in [3.05, 3.63) is 23.4 Å². The predicted octanol–water partition coefficient (Wildman–Crippen LogP) is 3.29. The molecule has 0 saturated heterocycles. The molecule has 1 aromatic heterocycles. The molecule has 0 fully saturated rings. The van der Waals surface area contributed by atoms with Crippen molar-refractivity contribution < 1.29 is 0 Å². The zero-order valence-electron chi connectivity index (χ0n) is 11.7. The van der Waals surface area contributed by atoms with Gasteiger partial charge in [-0.25, -0.2) is 4.98 Å². The molecule has 1 rings (SSSR count). The molecule has 18 heavy (non-hydrogen) atoms. The van der Waals surface area contributed by atoms with Crippen LogP contribution in [0, 0.1) is 0 Å². The summed E-state index contributed by atoms with van der Waals surface area (Å²) in [5.41, 5.74) is 0. The highest BCUT2D eigenvalue weighted by Crippen LogP contribution is 2.14. The second-order valence-corrected chi connectivity index (χ2v) is 4.67. The van der Waals surface area contributed by atoms with Crippen LogP contribution in [0.5, 0.6) is 0 Å². The van der Waals surface area contributed by atoms with E-state index in [2.05, 4.69) is 35.6 Å². The van der Waals surface area contributed by atoms with E-state index in [9.17, 15) is 0 Å². The van der Waals surface area contributed by atoms with Crippen LogP contribution in [-0.2, 0) is 0 Å². The average Bonchev–Trinajstić information content (AvgIpc) is 2.39. The Kier molecular flexibility index (Phi) is 7.06. The smallest absolute Gasteiger partial charge is 0.131 e. The maximum atomic E-state index is 5.93. The zero-order valence-corrected chi connectivity index (χ0v) is 12.5. The topological polar surface area (TPSA) is 19.4 Å². The summed E-state index contributed by atoms with van der Waals surface area (Å²) in [6, 6.07) is 5.79. The standard InChI is InChI=1S/C14H24ClN3/c1-4-17(5-2)11-8-12-18(6-3)14-10-7-9-13(15)16-14/h7,9-10H,4-6,8,11-12H2,1-3H3. The highest BCUT2D eigenvalue weighted by atomic mass is 35.5. The fourth-order valence-electron chi connectivity index (χ4n) is 2.03. The van der Waals surface area contributed by atoms with E-state index in [1.165, 1.54) is 0 Å². The predicted molar refractivity (Wildman–Crippen MR) is 79.5 cm³/mol. The van der Waals surface area contributed by atoms with Crippen LogP contribution >= 0.6 is 11.6 Å². The minimum atomic E-state index is 0.565. The first kappa shape index (κ1) is 15.3. The molecule has 0 aliphatic heterocycles. The summed E-state index contributed by atoms with van der Waals surface area (Å²) in [5, 5.41) is 0.565. The van der Waals surface area contributed by atoms with Crippen molar-refractivity contribution in [3.8, 4) is 0 Å². The SMILES string of the molecule is CCN(CC)CCCN(CC)c1cccc(Cl)n1. The van der Waals surface area contributed by atoms with E-state index >= 15 is 0 Å². The number of aromatic nitrogens is 1. The highest BCUT2D eigenvalue weighted by molar-refractivity contribution is 6.29. The van der Waals surface area contributed by atoms with Crippen LogP contribution in [0.2, 0.25) is 5.15 Å². The number of halogens is 1. The number of nitrogens with zero attached hydrogens (tertiary/aromatic N) is 3. The Labute approximate surface area is 116 Å². The van der Waals surface area contributed by atoms with Gasteiger partial charge in [-0.1, -0.05) is 31.5 Å². The molecule has 0 saturated carbocycles. The molecule has 3 nitrogen and oxygen atoms in total. The quantitative estimate of drug-likeness (QED) is 0.675. The molecule has 0 unspecified atom stereocenters. The van der Waals surface area contributed by atoms with Gasteiger partial charge in [-0.15, -0.1) is 0 Å². The summed E-state index contributed by atoms with van der Waals surface area (Å²) in [6.45, 7) is 11.9. The first-order valence-corrected chi connectivity index (χ1v) is 7.18. The zero-order chi connectivity index (χ0) is 13.4. The van der Waals surface area contributed by atoms with Gasteiger partial charge in [0.15, 0.2) is 0 Å². The van der Waals surface area contributed by atoms with Gasteiger partial charge in [0.05, 0.1) is 0 Å². The second-order valence-electron chi connectivity index (χ2n) is 4.28. The summed E-state index contributed by atoms with van der Waals surface area (Å²) >= 11 is 5.93. The molecule has 0 aliphatic carbocycles. The number of hydrogen-bond acceptors (Lipinski definition) is 3. The Bertz CT molecular complexity index is 340. The van der Waals surface area contributed by atoms with Crippen molar-refractivity contribution in [2.24, 2.45) is 0 Å². The van der Waals surface area contributed by atoms with Crippen LogP contribution in [0.4, 0.5) is 5.82 Å². The first-order valence-electron chi connectivity index (χ1n) is 6.81. The normalized spacial score (nSPS) is 10.9. The maximum Gasteiger partial charge on any atom is 0.131 e. The molecule has 0 radical (unpaired) electrons. The molecule has 1 heterocycles. The van der Waals surface area contributed by atoms with Crippen LogP contribution in [0.15, 0.2) is 18.2 Å². The van der Waals surface area contributed by atoms with Gasteiger partial charge in [0.1, 0.15) is 11.0 Å². The van der Waals surface area contributed by atoms with E-state index in [4.69, 9.17) is 11.6 Å². The Hall–Kier alpha value is -0.800. The van der Waals surface area contributed by atoms with Crippen molar-refractivity contribution in [1.82, 2.24) is 9.88 Å². The molecule has 4 heteroatoms. The number of pyridine rings is 1. The fraction of sp³-hybridized carbons (Fsp3) is 0.643. The van der Waals surface area contributed by atoms with E-state index in [-0.39, 0.29) is 0 Å². The molecular formula is C14H24ClN3. The lowest BCUT2D eigenvalue weighted by atomic mass is 10.3. The molecule has 0 bridgehead atoms. The lowest BCUT2D eigenvalue weighted by Crippen LogP contribution is -2.30. The Morgan fingerprint density at radius 2 is 1.78 bits per heavy atom.